The number of hydrogen-bond donors (Lipinski definition) is 2. The van der Waals surface area contributed by atoms with Gasteiger partial charge in [-0.3, -0.25) is 9.59 Å². The average Bonchev–Trinajstić information content (AvgIpc) is 2.50. The van der Waals surface area contributed by atoms with Crippen LogP contribution in [0.2, 0.25) is 0 Å². The fourth-order valence-corrected chi connectivity index (χ4v) is 2.53. The molecule has 0 bridgehead atoms. The Kier molecular flexibility index (Phi) is 7.31. The van der Waals surface area contributed by atoms with E-state index >= 15 is 0 Å². The largest absolute Gasteiger partial charge is 0.481 e. The summed E-state index contributed by atoms with van der Waals surface area (Å²) in [5.74, 6) is -1.66. The highest BCUT2D eigenvalue weighted by molar-refractivity contribution is 6.00. The molecule has 1 aromatic rings. The SMILES string of the molecule is CC(C)CC(CC(=O)O)[C@H](N)C(=O)c1cccc(CO[N+](=O)[O-])c1. The van der Waals surface area contributed by atoms with Crippen LogP contribution in [0.25, 0.3) is 0 Å². The van der Waals surface area contributed by atoms with Gasteiger partial charge in [-0.2, -0.15) is 0 Å². The zero-order valence-electron chi connectivity index (χ0n) is 13.7. The van der Waals surface area contributed by atoms with E-state index in [4.69, 9.17) is 10.8 Å². The lowest BCUT2D eigenvalue weighted by molar-refractivity contribution is -0.763. The van der Waals surface area contributed by atoms with Crippen LogP contribution in [0.5, 0.6) is 0 Å². The summed E-state index contributed by atoms with van der Waals surface area (Å²) in [5.41, 5.74) is 6.75. The van der Waals surface area contributed by atoms with Crippen molar-refractivity contribution >= 4 is 11.8 Å². The number of nitrogens with zero attached hydrogens (tertiary/aromatic N) is 1. The van der Waals surface area contributed by atoms with E-state index in [2.05, 4.69) is 4.84 Å². The number of carbonyl (C=O) groups is 2. The molecular formula is C16H22N2O6. The second-order valence-corrected chi connectivity index (χ2v) is 6.07. The van der Waals surface area contributed by atoms with Crippen molar-refractivity contribution in [1.82, 2.24) is 0 Å². The molecule has 0 aromatic heterocycles. The second-order valence-electron chi connectivity index (χ2n) is 6.07. The Balaban J connectivity index is 2.90. The van der Waals surface area contributed by atoms with Gasteiger partial charge in [0.25, 0.3) is 5.09 Å². The van der Waals surface area contributed by atoms with Crippen LogP contribution in [0, 0.1) is 22.0 Å². The van der Waals surface area contributed by atoms with E-state index in [-0.39, 0.29) is 30.3 Å². The van der Waals surface area contributed by atoms with Crippen molar-refractivity contribution in [2.75, 3.05) is 0 Å². The van der Waals surface area contributed by atoms with Crippen LogP contribution in [0.15, 0.2) is 24.3 Å². The maximum atomic E-state index is 12.5. The van der Waals surface area contributed by atoms with E-state index in [0.29, 0.717) is 12.0 Å². The lowest BCUT2D eigenvalue weighted by Gasteiger charge is -2.23. The molecule has 3 N–H and O–H groups in total. The van der Waals surface area contributed by atoms with Crippen molar-refractivity contribution in [1.29, 1.82) is 0 Å². The van der Waals surface area contributed by atoms with Crippen LogP contribution in [-0.2, 0) is 16.2 Å². The Morgan fingerprint density at radius 3 is 2.58 bits per heavy atom. The van der Waals surface area contributed by atoms with Gasteiger partial charge in [0.05, 0.1) is 12.5 Å². The van der Waals surface area contributed by atoms with E-state index in [1.165, 1.54) is 6.07 Å². The first-order valence-electron chi connectivity index (χ1n) is 7.58. The summed E-state index contributed by atoms with van der Waals surface area (Å²) in [6, 6.07) is 5.24. The van der Waals surface area contributed by atoms with Gasteiger partial charge in [-0.15, -0.1) is 10.1 Å². The van der Waals surface area contributed by atoms with Gasteiger partial charge in [0, 0.05) is 5.56 Å². The zero-order chi connectivity index (χ0) is 18.3. The number of rotatable bonds is 10. The highest BCUT2D eigenvalue weighted by Crippen LogP contribution is 2.21. The summed E-state index contributed by atoms with van der Waals surface area (Å²) in [6.07, 6.45) is 0.332. The van der Waals surface area contributed by atoms with Gasteiger partial charge >= 0.3 is 5.97 Å². The number of benzene rings is 1. The predicted octanol–water partition coefficient (Wildman–Crippen LogP) is 2.04. The standard InChI is InChI=1S/C16H22N2O6/c1-10(2)6-13(8-14(19)20)15(17)16(21)12-5-3-4-11(7-12)9-24-18(22)23/h3-5,7,10,13,15H,6,8-9,17H2,1-2H3,(H,19,20)/t13?,15-/m0/s1. The molecule has 0 spiro atoms. The Morgan fingerprint density at radius 2 is 2.04 bits per heavy atom. The fraction of sp³-hybridized carbons (Fsp3) is 0.500. The summed E-state index contributed by atoms with van der Waals surface area (Å²) in [4.78, 5) is 38.1. The molecule has 0 amide bonds. The average molecular weight is 338 g/mol. The third-order valence-corrected chi connectivity index (χ3v) is 3.57. The van der Waals surface area contributed by atoms with Crippen molar-refractivity contribution in [3.8, 4) is 0 Å². The van der Waals surface area contributed by atoms with Gasteiger partial charge in [-0.1, -0.05) is 32.0 Å². The molecule has 0 aliphatic carbocycles. The number of ketones is 1. The van der Waals surface area contributed by atoms with E-state index in [1.54, 1.807) is 18.2 Å². The monoisotopic (exact) mass is 338 g/mol. The third kappa shape index (κ3) is 6.33. The number of carbonyl (C=O) groups excluding carboxylic acids is 1. The summed E-state index contributed by atoms with van der Waals surface area (Å²) in [5, 5.41) is 18.3. The first kappa shape index (κ1) is 19.6. The maximum absolute atomic E-state index is 12.5. The maximum Gasteiger partial charge on any atom is 0.303 e. The molecule has 0 aliphatic heterocycles. The van der Waals surface area contributed by atoms with E-state index in [0.717, 1.165) is 0 Å². The Hall–Kier alpha value is -2.48. The highest BCUT2D eigenvalue weighted by atomic mass is 16.9. The lowest BCUT2D eigenvalue weighted by atomic mass is 9.84. The zero-order valence-corrected chi connectivity index (χ0v) is 13.7. The van der Waals surface area contributed by atoms with Crippen LogP contribution in [-0.4, -0.2) is 28.0 Å². The topological polar surface area (TPSA) is 133 Å². The Bertz CT molecular complexity index is 602. The van der Waals surface area contributed by atoms with Crippen molar-refractivity contribution in [3.05, 3.63) is 45.5 Å². The molecule has 0 saturated carbocycles. The first-order chi connectivity index (χ1) is 11.2. The van der Waals surface area contributed by atoms with Gasteiger partial charge in [0.15, 0.2) is 5.78 Å². The van der Waals surface area contributed by atoms with Crippen LogP contribution < -0.4 is 5.73 Å². The molecule has 1 rings (SSSR count). The number of hydrogen-bond acceptors (Lipinski definition) is 6. The molecule has 0 radical (unpaired) electrons. The van der Waals surface area contributed by atoms with E-state index < -0.39 is 23.0 Å². The van der Waals surface area contributed by atoms with E-state index in [9.17, 15) is 19.7 Å². The van der Waals surface area contributed by atoms with Crippen molar-refractivity contribution in [2.45, 2.75) is 39.3 Å². The van der Waals surface area contributed by atoms with Crippen molar-refractivity contribution in [3.63, 3.8) is 0 Å². The van der Waals surface area contributed by atoms with Crippen LogP contribution in [0.4, 0.5) is 0 Å². The third-order valence-electron chi connectivity index (χ3n) is 3.57. The highest BCUT2D eigenvalue weighted by Gasteiger charge is 2.28. The van der Waals surface area contributed by atoms with Gasteiger partial charge in [0.1, 0.15) is 6.61 Å². The molecule has 8 nitrogen and oxygen atoms in total. The molecule has 8 heteroatoms. The summed E-state index contributed by atoms with van der Waals surface area (Å²) < 4.78 is 0. The summed E-state index contributed by atoms with van der Waals surface area (Å²) >= 11 is 0. The molecule has 24 heavy (non-hydrogen) atoms. The smallest absolute Gasteiger partial charge is 0.303 e. The molecule has 1 unspecified atom stereocenters. The summed E-state index contributed by atoms with van der Waals surface area (Å²) in [6.45, 7) is 3.59. The van der Waals surface area contributed by atoms with Crippen LogP contribution in [0.3, 0.4) is 0 Å². The Labute approximate surface area is 139 Å². The number of nitrogens with two attached hydrogens (primary N) is 1. The Morgan fingerprint density at radius 1 is 1.38 bits per heavy atom. The molecular weight excluding hydrogens is 316 g/mol. The quantitative estimate of drug-likeness (QED) is 0.379. The molecule has 0 heterocycles. The fourth-order valence-electron chi connectivity index (χ4n) is 2.53. The van der Waals surface area contributed by atoms with Gasteiger partial charge in [0.2, 0.25) is 0 Å². The summed E-state index contributed by atoms with van der Waals surface area (Å²) in [7, 11) is 0. The molecule has 0 fully saturated rings. The van der Waals surface area contributed by atoms with Gasteiger partial charge < -0.3 is 15.7 Å². The molecule has 2 atom stereocenters. The van der Waals surface area contributed by atoms with Gasteiger partial charge in [-0.25, -0.2) is 0 Å². The number of carboxylic acids is 1. The molecule has 1 aromatic carbocycles. The molecule has 132 valence electrons. The molecule has 0 saturated heterocycles. The minimum atomic E-state index is -1.00. The lowest BCUT2D eigenvalue weighted by Crippen LogP contribution is -2.40. The van der Waals surface area contributed by atoms with Gasteiger partial charge in [-0.05, 0) is 29.9 Å². The van der Waals surface area contributed by atoms with Crippen molar-refractivity contribution < 1.29 is 24.6 Å². The predicted molar refractivity (Wildman–Crippen MR) is 85.7 cm³/mol. The van der Waals surface area contributed by atoms with Crippen molar-refractivity contribution in [2.24, 2.45) is 17.6 Å². The van der Waals surface area contributed by atoms with E-state index in [1.807, 2.05) is 13.8 Å². The normalized spacial score (nSPS) is 13.3. The number of Topliss-reactive ketones (excluding diaryl/α,β-unsaturated/α-hetero) is 1. The minimum absolute atomic E-state index is 0.185. The van der Waals surface area contributed by atoms with Crippen LogP contribution >= 0.6 is 0 Å². The van der Waals surface area contributed by atoms with Crippen LogP contribution in [0.1, 0.15) is 42.6 Å². The second kappa shape index (κ2) is 8.97. The number of aliphatic carboxylic acids is 1. The molecule has 0 aliphatic rings. The number of carboxylic acid groups (broad SMARTS) is 1. The first-order valence-corrected chi connectivity index (χ1v) is 7.58. The minimum Gasteiger partial charge on any atom is -0.481 e.